The van der Waals surface area contributed by atoms with Crippen molar-refractivity contribution in [1.82, 2.24) is 15.1 Å². The van der Waals surface area contributed by atoms with E-state index in [1.165, 1.54) is 0 Å². The van der Waals surface area contributed by atoms with Gasteiger partial charge in [-0.25, -0.2) is 0 Å². The largest absolute Gasteiger partial charge is 0.348 e. The predicted molar refractivity (Wildman–Crippen MR) is 83.4 cm³/mol. The number of nitrogens with zero attached hydrogens (tertiary/aromatic N) is 2. The summed E-state index contributed by atoms with van der Waals surface area (Å²) in [5, 5.41) is 7.05. The van der Waals surface area contributed by atoms with Crippen LogP contribution in [0.2, 0.25) is 0 Å². The molecule has 1 aromatic carbocycles. The Kier molecular flexibility index (Phi) is 5.27. The molecule has 21 heavy (non-hydrogen) atoms. The summed E-state index contributed by atoms with van der Waals surface area (Å²) in [6, 6.07) is 9.07. The Morgan fingerprint density at radius 2 is 2.24 bits per heavy atom. The van der Waals surface area contributed by atoms with Crippen LogP contribution < -0.4 is 5.32 Å². The fraction of sp³-hybridized carbons (Fsp3) is 0.333. The van der Waals surface area contributed by atoms with Gasteiger partial charge in [0.15, 0.2) is 0 Å². The molecule has 1 aromatic heterocycles. The first-order valence-corrected chi connectivity index (χ1v) is 8.44. The van der Waals surface area contributed by atoms with Gasteiger partial charge in [0.25, 0.3) is 5.91 Å². The molecule has 0 radical (unpaired) electrons. The highest BCUT2D eigenvalue weighted by Crippen LogP contribution is 2.08. The Labute approximate surface area is 126 Å². The molecule has 2 atom stereocenters. The van der Waals surface area contributed by atoms with E-state index in [1.54, 1.807) is 29.3 Å². The minimum Gasteiger partial charge on any atom is -0.348 e. The monoisotopic (exact) mass is 305 g/mol. The molecule has 5 nitrogen and oxygen atoms in total. The first-order chi connectivity index (χ1) is 10.0. The van der Waals surface area contributed by atoms with Gasteiger partial charge in [-0.3, -0.25) is 13.7 Å². The van der Waals surface area contributed by atoms with Crippen LogP contribution in [-0.2, 0) is 23.1 Å². The van der Waals surface area contributed by atoms with E-state index in [-0.39, 0.29) is 11.9 Å². The molecule has 0 spiro atoms. The fourth-order valence-corrected chi connectivity index (χ4v) is 2.73. The molecular formula is C15H19N3O2S. The van der Waals surface area contributed by atoms with Crippen molar-refractivity contribution in [2.45, 2.75) is 25.3 Å². The molecule has 2 rings (SSSR count). The topological polar surface area (TPSA) is 64.0 Å². The Hall–Kier alpha value is -1.95. The average molecular weight is 305 g/mol. The van der Waals surface area contributed by atoms with Crippen LogP contribution in [0.4, 0.5) is 0 Å². The summed E-state index contributed by atoms with van der Waals surface area (Å²) in [4.78, 5) is 12.2. The number of hydrogen-bond acceptors (Lipinski definition) is 3. The van der Waals surface area contributed by atoms with E-state index >= 15 is 0 Å². The molecule has 0 aliphatic carbocycles. The number of amides is 1. The third kappa shape index (κ3) is 4.82. The van der Waals surface area contributed by atoms with Gasteiger partial charge in [0.2, 0.25) is 0 Å². The summed E-state index contributed by atoms with van der Waals surface area (Å²) in [5.74, 6) is 0.336. The van der Waals surface area contributed by atoms with E-state index in [0.717, 1.165) is 5.56 Å². The maximum Gasteiger partial charge on any atom is 0.251 e. The zero-order valence-electron chi connectivity index (χ0n) is 12.2. The van der Waals surface area contributed by atoms with Gasteiger partial charge in [0.1, 0.15) is 0 Å². The first kappa shape index (κ1) is 15.4. The second-order valence-corrected chi connectivity index (χ2v) is 6.46. The van der Waals surface area contributed by atoms with Gasteiger partial charge in [0, 0.05) is 46.8 Å². The lowest BCUT2D eigenvalue weighted by molar-refractivity contribution is 0.0936. The number of rotatable bonds is 6. The zero-order valence-corrected chi connectivity index (χ0v) is 13.0. The number of benzene rings is 1. The van der Waals surface area contributed by atoms with E-state index in [9.17, 15) is 9.00 Å². The van der Waals surface area contributed by atoms with Crippen molar-refractivity contribution in [3.05, 3.63) is 53.9 Å². The molecule has 112 valence electrons. The third-order valence-electron chi connectivity index (χ3n) is 2.96. The van der Waals surface area contributed by atoms with Gasteiger partial charge in [-0.15, -0.1) is 0 Å². The van der Waals surface area contributed by atoms with Crippen molar-refractivity contribution in [3.8, 4) is 0 Å². The predicted octanol–water partition coefficient (Wildman–Crippen LogP) is 1.58. The van der Waals surface area contributed by atoms with Gasteiger partial charge in [-0.05, 0) is 30.7 Å². The van der Waals surface area contributed by atoms with E-state index in [0.29, 0.717) is 17.9 Å². The van der Waals surface area contributed by atoms with E-state index in [2.05, 4.69) is 10.4 Å². The van der Waals surface area contributed by atoms with Crippen LogP contribution in [0.5, 0.6) is 0 Å². The molecule has 1 N–H and O–H groups in total. The summed E-state index contributed by atoms with van der Waals surface area (Å²) < 4.78 is 13.0. The molecule has 1 heterocycles. The van der Waals surface area contributed by atoms with Crippen molar-refractivity contribution in [1.29, 1.82) is 0 Å². The molecule has 0 bridgehead atoms. The molecule has 0 saturated heterocycles. The Morgan fingerprint density at radius 3 is 2.90 bits per heavy atom. The molecule has 0 unspecified atom stereocenters. The molecule has 0 fully saturated rings. The summed E-state index contributed by atoms with van der Waals surface area (Å²) in [5.41, 5.74) is 1.49. The van der Waals surface area contributed by atoms with Gasteiger partial charge in [-0.2, -0.15) is 5.10 Å². The summed E-state index contributed by atoms with van der Waals surface area (Å²) >= 11 is 0. The molecule has 0 saturated carbocycles. The van der Waals surface area contributed by atoms with Gasteiger partial charge in [-0.1, -0.05) is 12.1 Å². The second kappa shape index (κ2) is 7.17. The number of carbonyl (C=O) groups is 1. The van der Waals surface area contributed by atoms with Crippen molar-refractivity contribution >= 4 is 16.7 Å². The summed E-state index contributed by atoms with van der Waals surface area (Å²) in [6.07, 6.45) is 5.22. The standard InChI is InChI=1S/C15H19N3O2S/c1-12(10-18-8-4-7-16-18)17-15(19)14-6-3-5-13(9-14)11-21(2)20/h3-9,12H,10-11H2,1-2H3,(H,17,19)/t12-,21-/m1/s1. The molecule has 1 amide bonds. The van der Waals surface area contributed by atoms with Crippen molar-refractivity contribution in [2.75, 3.05) is 6.26 Å². The maximum atomic E-state index is 12.2. The number of nitrogens with one attached hydrogen (secondary N) is 1. The average Bonchev–Trinajstić information content (AvgIpc) is 2.90. The lowest BCUT2D eigenvalue weighted by Crippen LogP contribution is -2.35. The van der Waals surface area contributed by atoms with Crippen molar-refractivity contribution in [2.24, 2.45) is 0 Å². The van der Waals surface area contributed by atoms with Crippen molar-refractivity contribution in [3.63, 3.8) is 0 Å². The smallest absolute Gasteiger partial charge is 0.251 e. The minimum absolute atomic E-state index is 0.0265. The van der Waals surface area contributed by atoms with Crippen LogP contribution in [0.15, 0.2) is 42.7 Å². The molecule has 6 heteroatoms. The number of carbonyl (C=O) groups excluding carboxylic acids is 1. The highest BCUT2D eigenvalue weighted by atomic mass is 32.2. The van der Waals surface area contributed by atoms with Gasteiger partial charge < -0.3 is 5.32 Å². The Morgan fingerprint density at radius 1 is 1.43 bits per heavy atom. The maximum absolute atomic E-state index is 12.2. The van der Waals surface area contributed by atoms with E-state index < -0.39 is 10.8 Å². The lowest BCUT2D eigenvalue weighted by atomic mass is 10.1. The van der Waals surface area contributed by atoms with Crippen LogP contribution >= 0.6 is 0 Å². The second-order valence-electron chi connectivity index (χ2n) is 5.02. The zero-order chi connectivity index (χ0) is 15.2. The number of aromatic nitrogens is 2. The van der Waals surface area contributed by atoms with Gasteiger partial charge in [0.05, 0.1) is 6.54 Å². The molecule has 0 aliphatic heterocycles. The highest BCUT2D eigenvalue weighted by molar-refractivity contribution is 7.83. The van der Waals surface area contributed by atoms with Gasteiger partial charge >= 0.3 is 0 Å². The highest BCUT2D eigenvalue weighted by Gasteiger charge is 2.11. The van der Waals surface area contributed by atoms with Crippen LogP contribution in [0.25, 0.3) is 0 Å². The summed E-state index contributed by atoms with van der Waals surface area (Å²) in [6.45, 7) is 2.56. The van der Waals surface area contributed by atoms with E-state index in [1.807, 2.05) is 31.3 Å². The minimum atomic E-state index is -0.914. The quantitative estimate of drug-likeness (QED) is 0.881. The fourth-order valence-electron chi connectivity index (χ4n) is 2.08. The first-order valence-electron chi connectivity index (χ1n) is 6.72. The Balaban J connectivity index is 1.97. The van der Waals surface area contributed by atoms with E-state index in [4.69, 9.17) is 0 Å². The van der Waals surface area contributed by atoms with Crippen LogP contribution in [0.1, 0.15) is 22.8 Å². The SMILES string of the molecule is C[C@H](Cn1cccn1)NC(=O)c1cccc(C[S@@](C)=O)c1. The Bertz CT molecular complexity index is 626. The normalized spacial score (nSPS) is 13.6. The molecule has 0 aliphatic rings. The molecule has 2 aromatic rings. The van der Waals surface area contributed by atoms with Crippen LogP contribution in [0.3, 0.4) is 0 Å². The van der Waals surface area contributed by atoms with Crippen LogP contribution in [0, 0.1) is 0 Å². The third-order valence-corrected chi connectivity index (χ3v) is 3.70. The van der Waals surface area contributed by atoms with Crippen molar-refractivity contribution < 1.29 is 9.00 Å². The lowest BCUT2D eigenvalue weighted by Gasteiger charge is -2.14. The molecular weight excluding hydrogens is 286 g/mol. The van der Waals surface area contributed by atoms with Crippen LogP contribution in [-0.4, -0.2) is 32.2 Å². The summed E-state index contributed by atoms with van der Waals surface area (Å²) in [7, 11) is -0.914. The number of hydrogen-bond donors (Lipinski definition) is 1.